The third-order valence-corrected chi connectivity index (χ3v) is 3.91. The first kappa shape index (κ1) is 11.1. The Balaban J connectivity index is 1.68. The fourth-order valence-corrected chi connectivity index (χ4v) is 2.84. The monoisotopic (exact) mass is 245 g/mol. The summed E-state index contributed by atoms with van der Waals surface area (Å²) in [6.45, 7) is 0.968. The quantitative estimate of drug-likeness (QED) is 0.881. The van der Waals surface area contributed by atoms with Crippen molar-refractivity contribution in [2.75, 3.05) is 11.9 Å². The van der Waals surface area contributed by atoms with E-state index in [4.69, 9.17) is 11.6 Å². The Morgan fingerprint density at radius 2 is 2.07 bits per heavy atom. The molecule has 0 aliphatic heterocycles. The Kier molecular flexibility index (Phi) is 4.20. The summed E-state index contributed by atoms with van der Waals surface area (Å²) >= 11 is 6.99. The molecule has 0 unspecified atom stereocenters. The van der Waals surface area contributed by atoms with Gasteiger partial charge in [0.15, 0.2) is 11.0 Å². The van der Waals surface area contributed by atoms with Crippen LogP contribution >= 0.6 is 23.3 Å². The van der Waals surface area contributed by atoms with Gasteiger partial charge in [-0.1, -0.05) is 43.7 Å². The SMILES string of the molecule is Clc1nsnc1NCCC1CCCCC1. The average molecular weight is 246 g/mol. The van der Waals surface area contributed by atoms with Crippen LogP contribution in [0.4, 0.5) is 5.82 Å². The van der Waals surface area contributed by atoms with Crippen molar-refractivity contribution in [1.29, 1.82) is 0 Å². The molecule has 5 heteroatoms. The Hall–Kier alpha value is -0.350. The van der Waals surface area contributed by atoms with E-state index in [-0.39, 0.29) is 0 Å². The standard InChI is InChI=1S/C10H16ClN3S/c11-9-10(14-15-13-9)12-7-6-8-4-2-1-3-5-8/h8H,1-7H2,(H,12,14). The Labute approximate surface area is 99.6 Å². The van der Waals surface area contributed by atoms with Crippen LogP contribution in [0, 0.1) is 5.92 Å². The molecule has 15 heavy (non-hydrogen) atoms. The lowest BCUT2D eigenvalue weighted by Gasteiger charge is -2.21. The lowest BCUT2D eigenvalue weighted by molar-refractivity contribution is 0.345. The Morgan fingerprint density at radius 3 is 2.73 bits per heavy atom. The summed E-state index contributed by atoms with van der Waals surface area (Å²) < 4.78 is 8.00. The molecule has 0 atom stereocenters. The molecular weight excluding hydrogens is 230 g/mol. The van der Waals surface area contributed by atoms with Crippen LogP contribution in [0.5, 0.6) is 0 Å². The zero-order valence-electron chi connectivity index (χ0n) is 8.71. The first-order valence-corrected chi connectivity index (χ1v) is 6.69. The maximum absolute atomic E-state index is 5.84. The molecular formula is C10H16ClN3S. The van der Waals surface area contributed by atoms with Crippen LogP contribution in [0.2, 0.25) is 5.15 Å². The van der Waals surface area contributed by atoms with E-state index in [0.717, 1.165) is 30.0 Å². The second-order valence-corrected chi connectivity index (χ2v) is 5.01. The van der Waals surface area contributed by atoms with Crippen LogP contribution in [0.3, 0.4) is 0 Å². The van der Waals surface area contributed by atoms with E-state index >= 15 is 0 Å². The minimum atomic E-state index is 0.503. The highest BCUT2D eigenvalue weighted by molar-refractivity contribution is 6.99. The van der Waals surface area contributed by atoms with E-state index in [0.29, 0.717) is 5.15 Å². The van der Waals surface area contributed by atoms with Crippen LogP contribution in [-0.4, -0.2) is 15.3 Å². The first-order chi connectivity index (χ1) is 7.36. The molecule has 1 heterocycles. The fraction of sp³-hybridized carbons (Fsp3) is 0.800. The van der Waals surface area contributed by atoms with E-state index in [2.05, 4.69) is 14.1 Å². The van der Waals surface area contributed by atoms with Crippen molar-refractivity contribution in [3.8, 4) is 0 Å². The summed E-state index contributed by atoms with van der Waals surface area (Å²) in [5.74, 6) is 1.65. The van der Waals surface area contributed by atoms with E-state index in [1.807, 2.05) is 0 Å². The molecule has 1 N–H and O–H groups in total. The number of hydrogen-bond donors (Lipinski definition) is 1. The van der Waals surface area contributed by atoms with E-state index in [1.165, 1.54) is 38.5 Å². The summed E-state index contributed by atoms with van der Waals surface area (Å²) in [5, 5.41) is 3.75. The molecule has 0 radical (unpaired) electrons. The van der Waals surface area contributed by atoms with E-state index in [9.17, 15) is 0 Å². The van der Waals surface area contributed by atoms with Crippen LogP contribution in [0.1, 0.15) is 38.5 Å². The van der Waals surface area contributed by atoms with Gasteiger partial charge in [-0.3, -0.25) is 0 Å². The second kappa shape index (κ2) is 5.66. The molecule has 0 amide bonds. The topological polar surface area (TPSA) is 37.8 Å². The van der Waals surface area contributed by atoms with Gasteiger partial charge in [0, 0.05) is 6.54 Å². The Bertz CT molecular complexity index is 297. The van der Waals surface area contributed by atoms with Gasteiger partial charge in [0.2, 0.25) is 0 Å². The molecule has 2 rings (SSSR count). The minimum Gasteiger partial charge on any atom is -0.367 e. The molecule has 0 aromatic carbocycles. The van der Waals surface area contributed by atoms with Gasteiger partial charge in [-0.25, -0.2) is 0 Å². The molecule has 1 fully saturated rings. The van der Waals surface area contributed by atoms with Crippen LogP contribution in [-0.2, 0) is 0 Å². The summed E-state index contributed by atoms with van der Waals surface area (Å²) in [6.07, 6.45) is 8.25. The number of hydrogen-bond acceptors (Lipinski definition) is 4. The molecule has 0 spiro atoms. The smallest absolute Gasteiger partial charge is 0.186 e. The maximum atomic E-state index is 5.84. The number of anilines is 1. The maximum Gasteiger partial charge on any atom is 0.186 e. The summed E-state index contributed by atoms with van der Waals surface area (Å²) in [4.78, 5) is 0. The van der Waals surface area contributed by atoms with Crippen molar-refractivity contribution in [2.45, 2.75) is 38.5 Å². The number of aromatic nitrogens is 2. The number of nitrogens with zero attached hydrogens (tertiary/aromatic N) is 2. The highest BCUT2D eigenvalue weighted by Crippen LogP contribution is 2.26. The van der Waals surface area contributed by atoms with Crippen molar-refractivity contribution in [2.24, 2.45) is 5.92 Å². The second-order valence-electron chi connectivity index (χ2n) is 4.12. The average Bonchev–Trinajstić information content (AvgIpc) is 2.66. The number of rotatable bonds is 4. The van der Waals surface area contributed by atoms with Gasteiger partial charge >= 0.3 is 0 Å². The number of halogens is 1. The third-order valence-electron chi connectivity index (χ3n) is 3.02. The van der Waals surface area contributed by atoms with Gasteiger partial charge in [0.05, 0.1) is 11.7 Å². The third kappa shape index (κ3) is 3.31. The van der Waals surface area contributed by atoms with Gasteiger partial charge in [0.1, 0.15) is 0 Å². The van der Waals surface area contributed by atoms with E-state index < -0.39 is 0 Å². The van der Waals surface area contributed by atoms with Crippen LogP contribution in [0.15, 0.2) is 0 Å². The molecule has 0 bridgehead atoms. The van der Waals surface area contributed by atoms with Gasteiger partial charge in [0.25, 0.3) is 0 Å². The molecule has 84 valence electrons. The summed E-state index contributed by atoms with van der Waals surface area (Å²) in [6, 6.07) is 0. The van der Waals surface area contributed by atoms with Gasteiger partial charge < -0.3 is 5.32 Å². The van der Waals surface area contributed by atoms with E-state index in [1.54, 1.807) is 0 Å². The lowest BCUT2D eigenvalue weighted by Crippen LogP contribution is -2.12. The fourth-order valence-electron chi connectivity index (χ4n) is 2.15. The molecule has 1 aromatic rings. The summed E-state index contributed by atoms with van der Waals surface area (Å²) in [7, 11) is 0. The highest BCUT2D eigenvalue weighted by atomic mass is 35.5. The normalized spacial score (nSPS) is 17.9. The largest absolute Gasteiger partial charge is 0.367 e. The predicted octanol–water partition coefficient (Wildman–Crippen LogP) is 3.57. The first-order valence-electron chi connectivity index (χ1n) is 5.58. The predicted molar refractivity (Wildman–Crippen MR) is 64.6 cm³/mol. The van der Waals surface area contributed by atoms with Crippen LogP contribution < -0.4 is 5.32 Å². The molecule has 1 aromatic heterocycles. The van der Waals surface area contributed by atoms with Gasteiger partial charge in [-0.15, -0.1) is 0 Å². The van der Waals surface area contributed by atoms with Gasteiger partial charge in [-0.05, 0) is 12.3 Å². The lowest BCUT2D eigenvalue weighted by atomic mass is 9.87. The van der Waals surface area contributed by atoms with Crippen molar-refractivity contribution in [3.05, 3.63) is 5.15 Å². The van der Waals surface area contributed by atoms with Crippen molar-refractivity contribution in [3.63, 3.8) is 0 Å². The summed E-state index contributed by atoms with van der Waals surface area (Å²) in [5.41, 5.74) is 0. The minimum absolute atomic E-state index is 0.503. The zero-order valence-corrected chi connectivity index (χ0v) is 10.3. The van der Waals surface area contributed by atoms with Crippen LogP contribution in [0.25, 0.3) is 0 Å². The zero-order chi connectivity index (χ0) is 10.5. The van der Waals surface area contributed by atoms with Gasteiger partial charge in [-0.2, -0.15) is 8.75 Å². The number of nitrogens with one attached hydrogen (secondary N) is 1. The Morgan fingerprint density at radius 1 is 1.27 bits per heavy atom. The van der Waals surface area contributed by atoms with Crippen molar-refractivity contribution >= 4 is 29.1 Å². The van der Waals surface area contributed by atoms with Crippen molar-refractivity contribution in [1.82, 2.24) is 8.75 Å². The molecule has 3 nitrogen and oxygen atoms in total. The highest BCUT2D eigenvalue weighted by Gasteiger charge is 2.13. The molecule has 1 saturated carbocycles. The molecule has 1 aliphatic rings. The van der Waals surface area contributed by atoms with Crippen molar-refractivity contribution < 1.29 is 0 Å². The molecule has 0 saturated heterocycles. The molecule has 1 aliphatic carbocycles.